The molecule has 2 aromatic carbocycles. The lowest BCUT2D eigenvalue weighted by Gasteiger charge is -2.32. The van der Waals surface area contributed by atoms with Gasteiger partial charge in [-0.25, -0.2) is 4.68 Å². The molecular formula is C19H21N5O. The molecule has 6 heteroatoms. The smallest absolute Gasteiger partial charge is 0.222 e. The van der Waals surface area contributed by atoms with Gasteiger partial charge in [-0.3, -0.25) is 0 Å². The second-order valence-corrected chi connectivity index (χ2v) is 6.52. The average Bonchev–Trinajstić information content (AvgIpc) is 3.10. The number of nitrogens with one attached hydrogen (secondary N) is 1. The van der Waals surface area contributed by atoms with Crippen molar-refractivity contribution in [3.63, 3.8) is 0 Å². The van der Waals surface area contributed by atoms with Gasteiger partial charge in [-0.15, -0.1) is 0 Å². The molecule has 3 aromatic rings. The van der Waals surface area contributed by atoms with Gasteiger partial charge in [-0.2, -0.15) is 10.1 Å². The van der Waals surface area contributed by atoms with Crippen LogP contribution in [0.5, 0.6) is 5.75 Å². The van der Waals surface area contributed by atoms with E-state index < -0.39 is 0 Å². The van der Waals surface area contributed by atoms with E-state index in [1.165, 1.54) is 5.56 Å². The Morgan fingerprint density at radius 2 is 1.88 bits per heavy atom. The quantitative estimate of drug-likeness (QED) is 0.769. The first kappa shape index (κ1) is 15.5. The second-order valence-electron chi connectivity index (χ2n) is 6.52. The molecule has 2 heterocycles. The zero-order chi connectivity index (χ0) is 17.4. The number of anilines is 2. The maximum Gasteiger partial charge on any atom is 0.222 e. The summed E-state index contributed by atoms with van der Waals surface area (Å²) in [5, 5.41) is 18.0. The van der Waals surface area contributed by atoms with E-state index in [1.807, 2.05) is 37.0 Å². The third kappa shape index (κ3) is 2.80. The van der Waals surface area contributed by atoms with Crippen molar-refractivity contribution in [2.24, 2.45) is 0 Å². The lowest BCUT2D eigenvalue weighted by atomic mass is 9.93. The van der Waals surface area contributed by atoms with Gasteiger partial charge in [-0.05, 0) is 30.2 Å². The fourth-order valence-corrected chi connectivity index (χ4v) is 3.38. The minimum Gasteiger partial charge on any atom is -0.508 e. The first-order chi connectivity index (χ1) is 12.1. The third-order valence-electron chi connectivity index (χ3n) is 4.74. The Kier molecular flexibility index (Phi) is 3.80. The Balaban J connectivity index is 1.71. The van der Waals surface area contributed by atoms with E-state index in [2.05, 4.69) is 44.6 Å². The van der Waals surface area contributed by atoms with Crippen LogP contribution in [0.4, 0.5) is 11.6 Å². The Labute approximate surface area is 146 Å². The maximum atomic E-state index is 10.2. The molecule has 0 aliphatic carbocycles. The number of para-hydroxylation sites is 1. The molecular weight excluding hydrogens is 314 g/mol. The van der Waals surface area contributed by atoms with Crippen LogP contribution in [-0.4, -0.2) is 34.0 Å². The number of aromatic nitrogens is 3. The van der Waals surface area contributed by atoms with Crippen LogP contribution in [0.25, 0.3) is 0 Å². The van der Waals surface area contributed by atoms with Crippen LogP contribution in [0.1, 0.15) is 29.6 Å². The molecule has 1 aliphatic rings. The molecule has 0 saturated carbocycles. The molecule has 0 radical (unpaired) electrons. The van der Waals surface area contributed by atoms with Crippen molar-refractivity contribution < 1.29 is 5.11 Å². The minimum absolute atomic E-state index is 0.0172. The predicted molar refractivity (Wildman–Crippen MR) is 98.0 cm³/mol. The van der Waals surface area contributed by atoms with Crippen LogP contribution in [-0.2, 0) is 0 Å². The van der Waals surface area contributed by atoms with Gasteiger partial charge in [0, 0.05) is 25.3 Å². The van der Waals surface area contributed by atoms with Gasteiger partial charge in [0.2, 0.25) is 5.95 Å². The van der Waals surface area contributed by atoms with Crippen LogP contribution in [0, 0.1) is 0 Å². The number of hydrogen-bond donors (Lipinski definition) is 2. The van der Waals surface area contributed by atoms with Crippen LogP contribution in [0.2, 0.25) is 0 Å². The van der Waals surface area contributed by atoms with E-state index in [-0.39, 0.29) is 12.1 Å². The number of phenols is 1. The van der Waals surface area contributed by atoms with Gasteiger partial charge in [0.05, 0.1) is 12.1 Å². The Morgan fingerprint density at radius 3 is 2.60 bits per heavy atom. The summed E-state index contributed by atoms with van der Waals surface area (Å²) in [6.07, 6.45) is 2.35. The molecule has 6 nitrogen and oxygen atoms in total. The molecule has 0 fully saturated rings. The van der Waals surface area contributed by atoms with Crippen molar-refractivity contribution >= 4 is 11.6 Å². The van der Waals surface area contributed by atoms with Gasteiger partial charge >= 0.3 is 0 Å². The molecule has 0 saturated heterocycles. The number of aromatic hydroxyl groups is 1. The monoisotopic (exact) mass is 335 g/mol. The zero-order valence-corrected chi connectivity index (χ0v) is 14.3. The maximum absolute atomic E-state index is 10.2. The Morgan fingerprint density at radius 1 is 1.12 bits per heavy atom. The van der Waals surface area contributed by atoms with Crippen molar-refractivity contribution in [1.29, 1.82) is 0 Å². The summed E-state index contributed by atoms with van der Waals surface area (Å²) in [5.41, 5.74) is 3.22. The number of nitrogens with zero attached hydrogens (tertiary/aromatic N) is 4. The van der Waals surface area contributed by atoms with Gasteiger partial charge in [0.25, 0.3) is 0 Å². The first-order valence-electron chi connectivity index (χ1n) is 8.34. The van der Waals surface area contributed by atoms with Crippen LogP contribution < -0.4 is 10.2 Å². The van der Waals surface area contributed by atoms with Gasteiger partial charge in [0.1, 0.15) is 12.1 Å². The Hall–Kier alpha value is -3.02. The normalized spacial score (nSPS) is 19.1. The topological polar surface area (TPSA) is 66.2 Å². The predicted octanol–water partition coefficient (Wildman–Crippen LogP) is 3.20. The summed E-state index contributed by atoms with van der Waals surface area (Å²) in [5.74, 6) is 1.02. The summed E-state index contributed by atoms with van der Waals surface area (Å²) in [6, 6.07) is 16.0. The molecule has 128 valence electrons. The number of fused-ring (bicyclic) bond motifs is 1. The minimum atomic E-state index is -0.0172. The lowest BCUT2D eigenvalue weighted by molar-refractivity contribution is 0.414. The van der Waals surface area contributed by atoms with Crippen LogP contribution in [0.3, 0.4) is 0 Å². The summed E-state index contributed by atoms with van der Waals surface area (Å²) >= 11 is 0. The summed E-state index contributed by atoms with van der Waals surface area (Å²) in [4.78, 5) is 6.42. The highest BCUT2D eigenvalue weighted by Gasteiger charge is 2.30. The van der Waals surface area contributed by atoms with Crippen LogP contribution >= 0.6 is 0 Å². The van der Waals surface area contributed by atoms with E-state index in [0.29, 0.717) is 5.75 Å². The molecule has 0 bridgehead atoms. The number of benzene rings is 2. The third-order valence-corrected chi connectivity index (χ3v) is 4.74. The number of rotatable bonds is 3. The summed E-state index contributed by atoms with van der Waals surface area (Å²) < 4.78 is 1.92. The number of phenolic OH excluding ortho intramolecular Hbond substituents is 1. The lowest BCUT2D eigenvalue weighted by Crippen LogP contribution is -2.28. The fourth-order valence-electron chi connectivity index (χ4n) is 3.38. The highest BCUT2D eigenvalue weighted by atomic mass is 16.3. The van der Waals surface area contributed by atoms with E-state index in [0.717, 1.165) is 23.6 Å². The molecule has 0 unspecified atom stereocenters. The molecule has 1 aliphatic heterocycles. The van der Waals surface area contributed by atoms with E-state index in [9.17, 15) is 5.11 Å². The Bertz CT molecular complexity index is 872. The van der Waals surface area contributed by atoms with Crippen LogP contribution in [0.15, 0.2) is 54.9 Å². The highest BCUT2D eigenvalue weighted by molar-refractivity contribution is 5.48. The standard InChI is InChI=1S/C19H21N5O/c1-23(2)14-9-7-13(8-10-14)17-11-16(15-5-3-4-6-18(15)25)22-19-20-12-21-24(17)19/h3-10,12,16-17,25H,11H2,1-2H3,(H,20,21,22)/t16-,17+/m0/s1. The van der Waals surface area contributed by atoms with E-state index >= 15 is 0 Å². The SMILES string of the molecule is CN(C)c1ccc([C@H]2C[C@@H](c3ccccc3O)Nc3ncnn32)cc1. The zero-order valence-electron chi connectivity index (χ0n) is 14.3. The molecule has 4 rings (SSSR count). The fraction of sp³-hybridized carbons (Fsp3) is 0.263. The number of hydrogen-bond acceptors (Lipinski definition) is 5. The van der Waals surface area contributed by atoms with E-state index in [4.69, 9.17) is 0 Å². The van der Waals surface area contributed by atoms with Gasteiger partial charge in [0.15, 0.2) is 0 Å². The molecule has 2 atom stereocenters. The summed E-state index contributed by atoms with van der Waals surface area (Å²) in [7, 11) is 4.06. The highest BCUT2D eigenvalue weighted by Crippen LogP contribution is 2.39. The first-order valence-corrected chi connectivity index (χ1v) is 8.34. The average molecular weight is 335 g/mol. The van der Waals surface area contributed by atoms with Crippen molar-refractivity contribution in [1.82, 2.24) is 14.8 Å². The molecule has 25 heavy (non-hydrogen) atoms. The largest absolute Gasteiger partial charge is 0.508 e. The van der Waals surface area contributed by atoms with Crippen molar-refractivity contribution in [3.8, 4) is 5.75 Å². The van der Waals surface area contributed by atoms with Crippen molar-refractivity contribution in [3.05, 3.63) is 66.0 Å². The summed E-state index contributed by atoms with van der Waals surface area (Å²) in [6.45, 7) is 0. The second kappa shape index (κ2) is 6.12. The van der Waals surface area contributed by atoms with Gasteiger partial charge < -0.3 is 15.3 Å². The van der Waals surface area contributed by atoms with Gasteiger partial charge in [-0.1, -0.05) is 30.3 Å². The molecule has 0 amide bonds. The van der Waals surface area contributed by atoms with Crippen molar-refractivity contribution in [2.75, 3.05) is 24.3 Å². The molecule has 0 spiro atoms. The molecule has 2 N–H and O–H groups in total. The van der Waals surface area contributed by atoms with Crippen molar-refractivity contribution in [2.45, 2.75) is 18.5 Å². The van der Waals surface area contributed by atoms with E-state index in [1.54, 1.807) is 12.4 Å². The molecule has 1 aromatic heterocycles.